The van der Waals surface area contributed by atoms with Crippen molar-refractivity contribution >= 4 is 5.78 Å². The number of hydrogen-bond donors (Lipinski definition) is 0. The van der Waals surface area contributed by atoms with Gasteiger partial charge in [-0.1, -0.05) is 12.8 Å². The summed E-state index contributed by atoms with van der Waals surface area (Å²) in [5.41, 5.74) is 0. The predicted molar refractivity (Wildman–Crippen MR) is 77.2 cm³/mol. The highest BCUT2D eigenvalue weighted by molar-refractivity contribution is 5.81. The van der Waals surface area contributed by atoms with E-state index in [9.17, 15) is 4.79 Å². The van der Waals surface area contributed by atoms with Gasteiger partial charge in [0, 0.05) is 31.5 Å². The Morgan fingerprint density at radius 2 is 1.79 bits per heavy atom. The first-order valence-electron chi connectivity index (χ1n) is 8.32. The number of piperidine rings is 1. The van der Waals surface area contributed by atoms with E-state index in [0.717, 1.165) is 31.8 Å². The SMILES string of the molecule is O=C1CCCCC1CN1CCC(N2CCCCC2)C1. The van der Waals surface area contributed by atoms with Crippen LogP contribution < -0.4 is 0 Å². The molecule has 0 N–H and O–H groups in total. The Labute approximate surface area is 117 Å². The minimum Gasteiger partial charge on any atom is -0.301 e. The van der Waals surface area contributed by atoms with Gasteiger partial charge in [0.1, 0.15) is 5.78 Å². The second-order valence-corrected chi connectivity index (χ2v) is 6.71. The van der Waals surface area contributed by atoms with Crippen LogP contribution in [0.25, 0.3) is 0 Å². The summed E-state index contributed by atoms with van der Waals surface area (Å²) >= 11 is 0. The van der Waals surface area contributed by atoms with Crippen LogP contribution in [0.4, 0.5) is 0 Å². The molecule has 1 aliphatic carbocycles. The molecule has 3 nitrogen and oxygen atoms in total. The molecule has 2 heterocycles. The molecule has 2 aliphatic heterocycles. The second kappa shape index (κ2) is 6.36. The maximum absolute atomic E-state index is 11.9. The minimum atomic E-state index is 0.355. The Hall–Kier alpha value is -0.410. The van der Waals surface area contributed by atoms with Crippen molar-refractivity contribution in [2.75, 3.05) is 32.7 Å². The molecule has 0 radical (unpaired) electrons. The largest absolute Gasteiger partial charge is 0.301 e. The summed E-state index contributed by atoms with van der Waals surface area (Å²) < 4.78 is 0. The van der Waals surface area contributed by atoms with Gasteiger partial charge in [0.25, 0.3) is 0 Å². The fraction of sp³-hybridized carbons (Fsp3) is 0.938. The summed E-state index contributed by atoms with van der Waals surface area (Å²) in [4.78, 5) is 17.2. The zero-order valence-corrected chi connectivity index (χ0v) is 12.1. The highest BCUT2D eigenvalue weighted by Crippen LogP contribution is 2.25. The lowest BCUT2D eigenvalue weighted by Crippen LogP contribution is -2.41. The Morgan fingerprint density at radius 1 is 0.947 bits per heavy atom. The molecule has 2 saturated heterocycles. The van der Waals surface area contributed by atoms with E-state index in [1.165, 1.54) is 58.3 Å². The van der Waals surface area contributed by atoms with E-state index in [0.29, 0.717) is 11.7 Å². The number of ketones is 1. The topological polar surface area (TPSA) is 23.6 Å². The zero-order valence-electron chi connectivity index (χ0n) is 12.1. The Kier molecular flexibility index (Phi) is 4.54. The molecule has 2 atom stereocenters. The molecule has 2 unspecified atom stereocenters. The van der Waals surface area contributed by atoms with Gasteiger partial charge in [-0.2, -0.15) is 0 Å². The van der Waals surface area contributed by atoms with Gasteiger partial charge in [0.05, 0.1) is 0 Å². The molecule has 3 heteroatoms. The van der Waals surface area contributed by atoms with Gasteiger partial charge in [0.2, 0.25) is 0 Å². The first kappa shape index (κ1) is 13.6. The molecule has 0 aromatic carbocycles. The van der Waals surface area contributed by atoms with Crippen molar-refractivity contribution in [3.05, 3.63) is 0 Å². The number of carbonyl (C=O) groups is 1. The van der Waals surface area contributed by atoms with Gasteiger partial charge in [-0.25, -0.2) is 0 Å². The van der Waals surface area contributed by atoms with E-state index in [4.69, 9.17) is 0 Å². The van der Waals surface area contributed by atoms with Crippen LogP contribution in [0.15, 0.2) is 0 Å². The van der Waals surface area contributed by atoms with Crippen molar-refractivity contribution in [3.8, 4) is 0 Å². The summed E-state index contributed by atoms with van der Waals surface area (Å²) in [6.07, 6.45) is 9.89. The van der Waals surface area contributed by atoms with Crippen LogP contribution in [0.2, 0.25) is 0 Å². The zero-order chi connectivity index (χ0) is 13.1. The summed E-state index contributed by atoms with van der Waals surface area (Å²) in [6.45, 7) is 6.08. The van der Waals surface area contributed by atoms with Gasteiger partial charge in [0.15, 0.2) is 0 Å². The molecule has 0 aromatic rings. The molecule has 0 amide bonds. The lowest BCUT2D eigenvalue weighted by Gasteiger charge is -2.32. The van der Waals surface area contributed by atoms with Gasteiger partial charge in [-0.3, -0.25) is 9.69 Å². The van der Waals surface area contributed by atoms with Crippen LogP contribution in [0.1, 0.15) is 51.4 Å². The Bertz CT molecular complexity index is 312. The number of hydrogen-bond acceptors (Lipinski definition) is 3. The smallest absolute Gasteiger partial charge is 0.137 e. The van der Waals surface area contributed by atoms with Gasteiger partial charge in [-0.05, 0) is 51.7 Å². The summed E-state index contributed by atoms with van der Waals surface area (Å²) in [5, 5.41) is 0. The van der Waals surface area contributed by atoms with E-state index < -0.39 is 0 Å². The summed E-state index contributed by atoms with van der Waals surface area (Å²) in [7, 11) is 0. The molecule has 1 saturated carbocycles. The molecule has 108 valence electrons. The van der Waals surface area contributed by atoms with Crippen molar-refractivity contribution in [1.29, 1.82) is 0 Å². The standard InChI is InChI=1S/C16H28N2O/c19-16-7-3-2-6-14(16)12-17-11-8-15(13-17)18-9-4-1-5-10-18/h14-15H,1-13H2. The number of carbonyl (C=O) groups excluding carboxylic acids is 1. The third-order valence-electron chi connectivity index (χ3n) is 5.31. The van der Waals surface area contributed by atoms with Crippen LogP contribution >= 0.6 is 0 Å². The van der Waals surface area contributed by atoms with Crippen molar-refractivity contribution in [3.63, 3.8) is 0 Å². The number of likely N-dealkylation sites (tertiary alicyclic amines) is 2. The molecular weight excluding hydrogens is 236 g/mol. The first-order chi connectivity index (χ1) is 9.33. The quantitative estimate of drug-likeness (QED) is 0.781. The second-order valence-electron chi connectivity index (χ2n) is 6.71. The maximum atomic E-state index is 11.9. The van der Waals surface area contributed by atoms with E-state index in [-0.39, 0.29) is 0 Å². The monoisotopic (exact) mass is 264 g/mol. The third kappa shape index (κ3) is 3.38. The van der Waals surface area contributed by atoms with Crippen LogP contribution in [-0.4, -0.2) is 54.3 Å². The van der Waals surface area contributed by atoms with Crippen molar-refractivity contribution in [1.82, 2.24) is 9.80 Å². The third-order valence-corrected chi connectivity index (χ3v) is 5.31. The predicted octanol–water partition coefficient (Wildman–Crippen LogP) is 2.31. The lowest BCUT2D eigenvalue weighted by atomic mass is 9.87. The maximum Gasteiger partial charge on any atom is 0.137 e. The fourth-order valence-corrected chi connectivity index (χ4v) is 4.12. The van der Waals surface area contributed by atoms with Crippen molar-refractivity contribution < 1.29 is 4.79 Å². The molecular formula is C16H28N2O. The number of nitrogens with zero attached hydrogens (tertiary/aromatic N) is 2. The lowest BCUT2D eigenvalue weighted by molar-refractivity contribution is -0.125. The van der Waals surface area contributed by atoms with Crippen LogP contribution in [0.3, 0.4) is 0 Å². The average molecular weight is 264 g/mol. The minimum absolute atomic E-state index is 0.355. The van der Waals surface area contributed by atoms with E-state index in [1.807, 2.05) is 0 Å². The van der Waals surface area contributed by atoms with Crippen LogP contribution in [0, 0.1) is 5.92 Å². The molecule has 0 bridgehead atoms. The molecule has 0 aromatic heterocycles. The summed E-state index contributed by atoms with van der Waals surface area (Å²) in [6, 6.07) is 0.777. The van der Waals surface area contributed by atoms with E-state index in [2.05, 4.69) is 9.80 Å². The van der Waals surface area contributed by atoms with Gasteiger partial charge < -0.3 is 4.90 Å². The van der Waals surface area contributed by atoms with Gasteiger partial charge in [-0.15, -0.1) is 0 Å². The van der Waals surface area contributed by atoms with Gasteiger partial charge >= 0.3 is 0 Å². The van der Waals surface area contributed by atoms with Crippen LogP contribution in [-0.2, 0) is 4.79 Å². The summed E-state index contributed by atoms with van der Waals surface area (Å²) in [5.74, 6) is 0.890. The first-order valence-corrected chi connectivity index (χ1v) is 8.32. The molecule has 3 aliphatic rings. The Morgan fingerprint density at radius 3 is 2.58 bits per heavy atom. The Balaban J connectivity index is 1.47. The fourth-order valence-electron chi connectivity index (χ4n) is 4.12. The van der Waals surface area contributed by atoms with E-state index in [1.54, 1.807) is 0 Å². The molecule has 3 rings (SSSR count). The normalized spacial score (nSPS) is 34.8. The number of Topliss-reactive ketones (excluding diaryl/α,β-unsaturated/α-hetero) is 1. The average Bonchev–Trinajstić information content (AvgIpc) is 2.91. The van der Waals surface area contributed by atoms with Crippen molar-refractivity contribution in [2.45, 2.75) is 57.4 Å². The highest BCUT2D eigenvalue weighted by atomic mass is 16.1. The molecule has 19 heavy (non-hydrogen) atoms. The molecule has 3 fully saturated rings. The van der Waals surface area contributed by atoms with Crippen molar-refractivity contribution in [2.24, 2.45) is 5.92 Å². The number of rotatable bonds is 3. The molecule has 0 spiro atoms. The highest BCUT2D eigenvalue weighted by Gasteiger charge is 2.31. The van der Waals surface area contributed by atoms with E-state index >= 15 is 0 Å². The van der Waals surface area contributed by atoms with Crippen LogP contribution in [0.5, 0.6) is 0 Å².